The number of carboxylic acid groups (broad SMARTS) is 2. The Hall–Kier alpha value is -5.90. The predicted octanol–water partition coefficient (Wildman–Crippen LogP) is 7.70. The minimum absolute atomic E-state index is 0.0873. The number of aromatic nitrogens is 2. The number of phenols is 4. The number of carbonyl (C=O) groups is 2. The van der Waals surface area contributed by atoms with Gasteiger partial charge in [-0.25, -0.2) is 0 Å². The lowest BCUT2D eigenvalue weighted by molar-refractivity contribution is -0.137. The summed E-state index contributed by atoms with van der Waals surface area (Å²) in [6, 6.07) is 24.2. The number of hydrogen-bond acceptors (Lipinski definition) is 6. The lowest BCUT2D eigenvalue weighted by Crippen LogP contribution is -2.09. The lowest BCUT2D eigenvalue weighted by Gasteiger charge is -2.15. The van der Waals surface area contributed by atoms with Crippen molar-refractivity contribution in [1.82, 2.24) is 9.13 Å². The predicted molar refractivity (Wildman–Crippen MR) is 192 cm³/mol. The van der Waals surface area contributed by atoms with E-state index in [1.165, 1.54) is 0 Å². The molecule has 2 aromatic heterocycles. The molecular formula is C40H42N2O8. The minimum atomic E-state index is -0.922. The number of phenolic OH excluding ortho intramolecular Hbond substituents is 4. The van der Waals surface area contributed by atoms with Crippen LogP contribution in [0.25, 0.3) is 21.8 Å². The standard InChI is InChI=1S/2C20H21NO4/c1-12(2)20-17(10-19(24)25)16-9-15(23)7-8-18(16)21(20)11-13-3-5-14(22)6-4-13;1-12(2)20-15(10-18(24)25)19-16(4-3-5-17(19)23)21(20)11-13-6-8-14(22)9-7-13/h2*3-9,12,22-23H,10-11H2,1-2H3,(H,24,25). The van der Waals surface area contributed by atoms with Crippen LogP contribution in [0.3, 0.4) is 0 Å². The van der Waals surface area contributed by atoms with Crippen molar-refractivity contribution < 1.29 is 40.2 Å². The number of fused-ring (bicyclic) bond motifs is 2. The maximum Gasteiger partial charge on any atom is 0.307 e. The van der Waals surface area contributed by atoms with Crippen LogP contribution < -0.4 is 0 Å². The molecule has 0 saturated heterocycles. The van der Waals surface area contributed by atoms with Gasteiger partial charge in [0.15, 0.2) is 0 Å². The van der Waals surface area contributed by atoms with E-state index in [9.17, 15) is 40.2 Å². The van der Waals surface area contributed by atoms with Crippen LogP contribution in [-0.2, 0) is 35.5 Å². The number of aliphatic carboxylic acids is 2. The van der Waals surface area contributed by atoms with E-state index in [1.807, 2.05) is 64.1 Å². The third-order valence-electron chi connectivity index (χ3n) is 8.71. The van der Waals surface area contributed by atoms with Crippen LogP contribution in [0, 0.1) is 0 Å². The first-order valence-corrected chi connectivity index (χ1v) is 16.4. The van der Waals surface area contributed by atoms with E-state index < -0.39 is 11.9 Å². The number of rotatable bonds is 10. The zero-order valence-electron chi connectivity index (χ0n) is 28.5. The zero-order chi connectivity index (χ0) is 36.3. The van der Waals surface area contributed by atoms with Crippen LogP contribution in [-0.4, -0.2) is 51.7 Å². The quantitative estimate of drug-likeness (QED) is 0.0858. The first kappa shape index (κ1) is 35.4. The average Bonchev–Trinajstić information content (AvgIpc) is 3.51. The molecule has 0 unspecified atom stereocenters. The van der Waals surface area contributed by atoms with Gasteiger partial charge < -0.3 is 39.8 Å². The number of hydrogen-bond donors (Lipinski definition) is 6. The third kappa shape index (κ3) is 7.54. The molecule has 6 rings (SSSR count). The third-order valence-corrected chi connectivity index (χ3v) is 8.71. The molecule has 6 N–H and O–H groups in total. The molecule has 6 aromatic rings. The maximum absolute atomic E-state index is 11.4. The van der Waals surface area contributed by atoms with Crippen LogP contribution >= 0.6 is 0 Å². The van der Waals surface area contributed by atoms with E-state index in [1.54, 1.807) is 48.5 Å². The van der Waals surface area contributed by atoms with Crippen molar-refractivity contribution in [1.29, 1.82) is 0 Å². The number of aromatic hydroxyl groups is 4. The van der Waals surface area contributed by atoms with Crippen LogP contribution in [0.15, 0.2) is 84.9 Å². The Bertz CT molecular complexity index is 2160. The first-order valence-electron chi connectivity index (χ1n) is 16.4. The highest BCUT2D eigenvalue weighted by atomic mass is 16.4. The van der Waals surface area contributed by atoms with Gasteiger partial charge in [0.05, 0.1) is 18.4 Å². The number of benzene rings is 4. The molecule has 0 aliphatic heterocycles. The molecule has 0 fully saturated rings. The fraction of sp³-hybridized carbons (Fsp3) is 0.250. The van der Waals surface area contributed by atoms with Crippen LogP contribution in [0.5, 0.6) is 23.0 Å². The van der Waals surface area contributed by atoms with Crippen LogP contribution in [0.4, 0.5) is 0 Å². The molecule has 4 aromatic carbocycles. The average molecular weight is 679 g/mol. The van der Waals surface area contributed by atoms with E-state index in [4.69, 9.17) is 0 Å². The molecule has 0 atom stereocenters. The summed E-state index contributed by atoms with van der Waals surface area (Å²) in [5.41, 5.74) is 6.97. The van der Waals surface area contributed by atoms with Crippen molar-refractivity contribution in [3.05, 3.63) is 119 Å². The fourth-order valence-electron chi connectivity index (χ4n) is 6.81. The van der Waals surface area contributed by atoms with Crippen molar-refractivity contribution >= 4 is 33.7 Å². The molecule has 0 radical (unpaired) electrons. The lowest BCUT2D eigenvalue weighted by atomic mass is 10.0. The maximum atomic E-state index is 11.4. The van der Waals surface area contributed by atoms with Crippen molar-refractivity contribution in [3.63, 3.8) is 0 Å². The van der Waals surface area contributed by atoms with Crippen molar-refractivity contribution in [2.75, 3.05) is 0 Å². The van der Waals surface area contributed by atoms with Crippen molar-refractivity contribution in [3.8, 4) is 23.0 Å². The summed E-state index contributed by atoms with van der Waals surface area (Å²) >= 11 is 0. The topological polar surface area (TPSA) is 165 Å². The molecule has 0 aliphatic rings. The highest BCUT2D eigenvalue weighted by Crippen LogP contribution is 2.38. The molecule has 2 heterocycles. The zero-order valence-corrected chi connectivity index (χ0v) is 28.5. The van der Waals surface area contributed by atoms with Crippen LogP contribution in [0.2, 0.25) is 0 Å². The molecule has 10 heteroatoms. The smallest absolute Gasteiger partial charge is 0.307 e. The van der Waals surface area contributed by atoms with Gasteiger partial charge in [-0.3, -0.25) is 9.59 Å². The van der Waals surface area contributed by atoms with Crippen molar-refractivity contribution in [2.24, 2.45) is 0 Å². The molecular weight excluding hydrogens is 636 g/mol. The largest absolute Gasteiger partial charge is 0.508 e. The SMILES string of the molecule is CC(C)c1c(CC(=O)O)c2c(O)cccc2n1Cc1ccc(O)cc1.CC(C)c1c(CC(=O)O)c2cc(O)ccc2n1Cc1ccc(O)cc1. The Labute approximate surface area is 289 Å². The monoisotopic (exact) mass is 678 g/mol. The van der Waals surface area contributed by atoms with Gasteiger partial charge in [0, 0.05) is 40.8 Å². The summed E-state index contributed by atoms with van der Waals surface area (Å²) in [4.78, 5) is 22.8. The summed E-state index contributed by atoms with van der Waals surface area (Å²) in [5, 5.41) is 59.2. The molecule has 0 bridgehead atoms. The first-order chi connectivity index (χ1) is 23.7. The number of carboxylic acids is 2. The molecule has 0 saturated carbocycles. The summed E-state index contributed by atoms with van der Waals surface area (Å²) in [5.74, 6) is -0.963. The molecule has 260 valence electrons. The summed E-state index contributed by atoms with van der Waals surface area (Å²) in [7, 11) is 0. The van der Waals surface area contributed by atoms with E-state index >= 15 is 0 Å². The Morgan fingerprint density at radius 1 is 0.580 bits per heavy atom. The Kier molecular flexibility index (Phi) is 10.4. The molecule has 0 amide bonds. The van der Waals surface area contributed by atoms with Gasteiger partial charge in [-0.15, -0.1) is 0 Å². The Morgan fingerprint density at radius 3 is 1.54 bits per heavy atom. The normalized spacial score (nSPS) is 11.3. The summed E-state index contributed by atoms with van der Waals surface area (Å²) in [6.07, 6.45) is -0.222. The Morgan fingerprint density at radius 2 is 1.04 bits per heavy atom. The van der Waals surface area contributed by atoms with E-state index in [2.05, 4.69) is 9.13 Å². The second-order valence-corrected chi connectivity index (χ2v) is 13.1. The molecule has 0 aliphatic carbocycles. The highest BCUT2D eigenvalue weighted by Gasteiger charge is 2.24. The number of nitrogens with zero attached hydrogens (tertiary/aromatic N) is 2. The van der Waals surface area contributed by atoms with Gasteiger partial charge >= 0.3 is 11.9 Å². The summed E-state index contributed by atoms with van der Waals surface area (Å²) < 4.78 is 4.16. The molecule has 50 heavy (non-hydrogen) atoms. The van der Waals surface area contributed by atoms with Gasteiger partial charge in [0.1, 0.15) is 23.0 Å². The van der Waals surface area contributed by atoms with E-state index in [0.717, 1.165) is 44.5 Å². The second kappa shape index (κ2) is 14.7. The van der Waals surface area contributed by atoms with Crippen molar-refractivity contribution in [2.45, 2.75) is 65.5 Å². The van der Waals surface area contributed by atoms with Crippen LogP contribution in [0.1, 0.15) is 73.2 Å². The van der Waals surface area contributed by atoms with Gasteiger partial charge in [-0.2, -0.15) is 0 Å². The fourth-order valence-corrected chi connectivity index (χ4v) is 6.81. The minimum Gasteiger partial charge on any atom is -0.508 e. The van der Waals surface area contributed by atoms with Gasteiger partial charge in [-0.1, -0.05) is 58.0 Å². The molecule has 0 spiro atoms. The van der Waals surface area contributed by atoms with Gasteiger partial charge in [-0.05, 0) is 88.7 Å². The Balaban J connectivity index is 0.000000194. The van der Waals surface area contributed by atoms with Gasteiger partial charge in [0.25, 0.3) is 0 Å². The van der Waals surface area contributed by atoms with E-state index in [0.29, 0.717) is 24.0 Å². The summed E-state index contributed by atoms with van der Waals surface area (Å²) in [6.45, 7) is 9.20. The van der Waals surface area contributed by atoms with E-state index in [-0.39, 0.29) is 47.7 Å². The second-order valence-electron chi connectivity index (χ2n) is 13.1. The van der Waals surface area contributed by atoms with Gasteiger partial charge in [0.2, 0.25) is 0 Å². The highest BCUT2D eigenvalue weighted by molar-refractivity contribution is 5.94. The molecule has 10 nitrogen and oxygen atoms in total.